The molecule has 5 rings (SSSR count). The van der Waals surface area contributed by atoms with Crippen LogP contribution in [-0.2, 0) is 16.2 Å². The number of pyridine rings is 1. The van der Waals surface area contributed by atoms with Crippen molar-refractivity contribution in [3.05, 3.63) is 51.8 Å². The maximum atomic E-state index is 13.9. The Morgan fingerprint density at radius 2 is 2.05 bits per heavy atom. The summed E-state index contributed by atoms with van der Waals surface area (Å²) in [5, 5.41) is 3.65. The minimum atomic E-state index is -1.72. The summed E-state index contributed by atoms with van der Waals surface area (Å²) in [6.07, 6.45) is 12.1. The van der Waals surface area contributed by atoms with E-state index in [4.69, 9.17) is 19.2 Å². The van der Waals surface area contributed by atoms with Crippen LogP contribution in [0.1, 0.15) is 12.0 Å². The first-order valence-corrected chi connectivity index (χ1v) is 17.8. The summed E-state index contributed by atoms with van der Waals surface area (Å²) in [6, 6.07) is 7.82. The highest BCUT2D eigenvalue weighted by molar-refractivity contribution is 8.47. The van der Waals surface area contributed by atoms with Gasteiger partial charge in [0.05, 0.1) is 35.4 Å². The number of benzene rings is 1. The number of fused-ring (bicyclic) bond motifs is 2. The molecule has 7 nitrogen and oxygen atoms in total. The van der Waals surface area contributed by atoms with E-state index in [-0.39, 0.29) is 12.3 Å². The SMILES string of the molecule is Cc1cc(OCC2CCOC2)cc2c(=O)n(COCC[SH](C)(C)(C)C)c(-c3cc4ccsc4cn3)nc12. The second-order valence-electron chi connectivity index (χ2n) is 12.1. The Labute approximate surface area is 222 Å². The van der Waals surface area contributed by atoms with E-state index in [1.165, 1.54) is 0 Å². The van der Waals surface area contributed by atoms with Gasteiger partial charge in [-0.15, -0.1) is 11.3 Å². The number of rotatable bonds is 9. The molecule has 0 N–H and O–H groups in total. The maximum absolute atomic E-state index is 13.9. The lowest BCUT2D eigenvalue weighted by molar-refractivity contribution is 0.0879. The number of hydrogen-bond acceptors (Lipinski definition) is 7. The largest absolute Gasteiger partial charge is 0.493 e. The molecule has 3 aromatic heterocycles. The molecule has 1 fully saturated rings. The molecule has 1 atom stereocenters. The van der Waals surface area contributed by atoms with Gasteiger partial charge in [0, 0.05) is 18.7 Å². The van der Waals surface area contributed by atoms with Crippen molar-refractivity contribution < 1.29 is 14.2 Å². The number of ether oxygens (including phenoxy) is 3. The fourth-order valence-corrected chi connectivity index (χ4v) is 5.97. The van der Waals surface area contributed by atoms with Gasteiger partial charge in [0.1, 0.15) is 18.2 Å². The number of aryl methyl sites for hydroxylation is 1. The molecule has 0 bridgehead atoms. The topological polar surface area (TPSA) is 75.5 Å². The Hall–Kier alpha value is -2.46. The van der Waals surface area contributed by atoms with Crippen LogP contribution < -0.4 is 10.3 Å². The summed E-state index contributed by atoms with van der Waals surface area (Å²) >= 11 is 1.64. The van der Waals surface area contributed by atoms with Crippen molar-refractivity contribution in [2.75, 3.05) is 57.2 Å². The maximum Gasteiger partial charge on any atom is 0.263 e. The standard InChI is InChI=1S/C28H37N3O4S2/c1-19-12-22(35-17-20-6-8-33-16-20)14-23-26(19)30-27(24-13-21-7-10-36-25(21)15-29-24)31(28(23)32)18-34-9-11-37(2,3,4)5/h7,10,12-15,20,37H,6,8-9,11,16-18H2,1-5H3. The van der Waals surface area contributed by atoms with Gasteiger partial charge >= 0.3 is 0 Å². The molecular weight excluding hydrogens is 506 g/mol. The second kappa shape index (κ2) is 10.0. The van der Waals surface area contributed by atoms with Crippen LogP contribution in [0.4, 0.5) is 0 Å². The van der Waals surface area contributed by atoms with Gasteiger partial charge in [0.2, 0.25) is 0 Å². The highest BCUT2D eigenvalue weighted by Gasteiger charge is 2.21. The van der Waals surface area contributed by atoms with Crippen molar-refractivity contribution in [2.24, 2.45) is 5.92 Å². The highest BCUT2D eigenvalue weighted by Crippen LogP contribution is 2.54. The van der Waals surface area contributed by atoms with Gasteiger partial charge in [-0.1, -0.05) is 0 Å². The van der Waals surface area contributed by atoms with Crippen LogP contribution in [0, 0.1) is 12.8 Å². The van der Waals surface area contributed by atoms with E-state index in [0.29, 0.717) is 47.3 Å². The molecule has 1 saturated heterocycles. The molecule has 1 aromatic carbocycles. The molecule has 4 aromatic rings. The van der Waals surface area contributed by atoms with E-state index >= 15 is 0 Å². The predicted molar refractivity (Wildman–Crippen MR) is 157 cm³/mol. The van der Waals surface area contributed by atoms with Crippen LogP contribution in [0.2, 0.25) is 0 Å². The molecule has 9 heteroatoms. The van der Waals surface area contributed by atoms with Crippen molar-refractivity contribution in [3.8, 4) is 17.3 Å². The zero-order chi connectivity index (χ0) is 26.2. The van der Waals surface area contributed by atoms with Crippen molar-refractivity contribution in [1.29, 1.82) is 0 Å². The average molecular weight is 544 g/mol. The van der Waals surface area contributed by atoms with E-state index < -0.39 is 9.16 Å². The van der Waals surface area contributed by atoms with Gasteiger partial charge < -0.3 is 14.2 Å². The average Bonchev–Trinajstić information content (AvgIpc) is 3.52. The van der Waals surface area contributed by atoms with E-state index in [1.807, 2.05) is 36.7 Å². The third kappa shape index (κ3) is 6.17. The van der Waals surface area contributed by atoms with Crippen molar-refractivity contribution in [2.45, 2.75) is 20.1 Å². The third-order valence-electron chi connectivity index (χ3n) is 6.65. The number of thiol groups is 1. The van der Waals surface area contributed by atoms with Gasteiger partial charge in [0.25, 0.3) is 5.56 Å². The Morgan fingerprint density at radius 3 is 2.81 bits per heavy atom. The quantitative estimate of drug-likeness (QED) is 0.238. The fraction of sp³-hybridized carbons (Fsp3) is 0.464. The second-order valence-corrected chi connectivity index (χ2v) is 21.4. The highest BCUT2D eigenvalue weighted by atomic mass is 32.3. The lowest BCUT2D eigenvalue weighted by atomic mass is 10.1. The van der Waals surface area contributed by atoms with Crippen molar-refractivity contribution in [3.63, 3.8) is 0 Å². The van der Waals surface area contributed by atoms with E-state index in [2.05, 4.69) is 36.1 Å². The van der Waals surface area contributed by atoms with Gasteiger partial charge in [-0.3, -0.25) is 23.5 Å². The molecule has 0 radical (unpaired) electrons. The first kappa shape index (κ1) is 26.2. The first-order chi connectivity index (χ1) is 17.5. The molecule has 0 aliphatic carbocycles. The number of thiophene rings is 1. The lowest BCUT2D eigenvalue weighted by Gasteiger charge is -2.46. The normalized spacial score (nSPS) is 17.3. The molecule has 200 valence electrons. The number of hydrogen-bond donors (Lipinski definition) is 1. The Balaban J connectivity index is 1.53. The molecule has 0 amide bonds. The molecule has 37 heavy (non-hydrogen) atoms. The molecule has 4 heterocycles. The summed E-state index contributed by atoms with van der Waals surface area (Å²) in [6.45, 7) is 4.75. The Morgan fingerprint density at radius 1 is 1.22 bits per heavy atom. The van der Waals surface area contributed by atoms with Crippen LogP contribution in [0.3, 0.4) is 0 Å². The predicted octanol–water partition coefficient (Wildman–Crippen LogP) is 4.96. The minimum Gasteiger partial charge on any atom is -0.493 e. The molecule has 1 aliphatic heterocycles. The van der Waals surface area contributed by atoms with Crippen molar-refractivity contribution in [1.82, 2.24) is 14.5 Å². The van der Waals surface area contributed by atoms with Crippen LogP contribution in [-0.4, -0.2) is 71.7 Å². The lowest BCUT2D eigenvalue weighted by Crippen LogP contribution is -2.27. The van der Waals surface area contributed by atoms with Gasteiger partial charge in [-0.25, -0.2) is 4.98 Å². The van der Waals surface area contributed by atoms with Crippen LogP contribution in [0.5, 0.6) is 5.75 Å². The van der Waals surface area contributed by atoms with Gasteiger partial charge in [0.15, 0.2) is 5.82 Å². The number of nitrogens with zero attached hydrogens (tertiary/aromatic N) is 3. The fourth-order valence-electron chi connectivity index (χ4n) is 4.37. The minimum absolute atomic E-state index is 0.122. The summed E-state index contributed by atoms with van der Waals surface area (Å²) in [7, 11) is -1.72. The van der Waals surface area contributed by atoms with Crippen LogP contribution in [0.25, 0.3) is 32.5 Å². The molecule has 1 unspecified atom stereocenters. The summed E-state index contributed by atoms with van der Waals surface area (Å²) < 4.78 is 20.3. The van der Waals surface area contributed by atoms with Crippen LogP contribution >= 0.6 is 20.5 Å². The van der Waals surface area contributed by atoms with E-state index in [9.17, 15) is 4.79 Å². The molecule has 0 spiro atoms. The Kier molecular flexibility index (Phi) is 7.08. The first-order valence-electron chi connectivity index (χ1n) is 12.7. The van der Waals surface area contributed by atoms with Crippen molar-refractivity contribution >= 4 is 41.5 Å². The number of aromatic nitrogens is 3. The smallest absolute Gasteiger partial charge is 0.263 e. The third-order valence-corrected chi connectivity index (χ3v) is 9.49. The molecule has 0 saturated carbocycles. The van der Waals surface area contributed by atoms with Crippen LogP contribution in [0.15, 0.2) is 40.6 Å². The monoisotopic (exact) mass is 543 g/mol. The van der Waals surface area contributed by atoms with E-state index in [0.717, 1.165) is 41.0 Å². The molecular formula is C28H37N3O4S2. The summed E-state index contributed by atoms with van der Waals surface area (Å²) in [5.41, 5.74) is 2.06. The summed E-state index contributed by atoms with van der Waals surface area (Å²) in [4.78, 5) is 23.5. The van der Waals surface area contributed by atoms with E-state index in [1.54, 1.807) is 15.9 Å². The Bertz CT molecular complexity index is 1490. The summed E-state index contributed by atoms with van der Waals surface area (Å²) in [5.74, 6) is 2.56. The molecule has 1 aliphatic rings. The zero-order valence-corrected chi connectivity index (χ0v) is 24.0. The van der Waals surface area contributed by atoms with Gasteiger partial charge in [-0.05, 0) is 84.7 Å². The van der Waals surface area contributed by atoms with Gasteiger partial charge in [-0.2, -0.15) is 0 Å². The zero-order valence-electron chi connectivity index (χ0n) is 22.3.